The van der Waals surface area contributed by atoms with E-state index in [-0.39, 0.29) is 6.10 Å². The first-order valence-electron chi connectivity index (χ1n) is 4.34. The van der Waals surface area contributed by atoms with Crippen LogP contribution < -0.4 is 0 Å². The summed E-state index contributed by atoms with van der Waals surface area (Å²) >= 11 is 0. The van der Waals surface area contributed by atoms with Gasteiger partial charge in [0.2, 0.25) is 8.32 Å². The second-order valence-corrected chi connectivity index (χ2v) is 8.11. The van der Waals surface area contributed by atoms with Crippen LogP contribution in [0.5, 0.6) is 0 Å². The molecule has 0 aromatic carbocycles. The molecule has 0 saturated carbocycles. The van der Waals surface area contributed by atoms with Gasteiger partial charge in [-0.3, -0.25) is 0 Å². The molecular formula is C8H14O4Si. The highest BCUT2D eigenvalue weighted by Gasteiger charge is 2.72. The first-order chi connectivity index (χ1) is 5.89. The van der Waals surface area contributed by atoms with E-state index in [4.69, 9.17) is 4.74 Å². The summed E-state index contributed by atoms with van der Waals surface area (Å²) in [6.07, 6.45) is 1.10. The lowest BCUT2D eigenvalue weighted by Gasteiger charge is -2.32. The van der Waals surface area contributed by atoms with Gasteiger partial charge in [0.15, 0.2) is 0 Å². The van der Waals surface area contributed by atoms with Crippen LogP contribution in [0.4, 0.5) is 0 Å². The topological polar surface area (TPSA) is 73.2 Å². The summed E-state index contributed by atoms with van der Waals surface area (Å²) in [5, 5.41) is 18.2. The second kappa shape index (κ2) is 2.43. The van der Waals surface area contributed by atoms with Crippen molar-refractivity contribution in [1.82, 2.24) is 0 Å². The predicted octanol–water partition coefficient (Wildman–Crippen LogP) is -0.848. The number of ether oxygens (including phenoxy) is 1. The zero-order chi connectivity index (χ0) is 9.85. The summed E-state index contributed by atoms with van der Waals surface area (Å²) in [6, 6.07) is 0. The van der Waals surface area contributed by atoms with Crippen LogP contribution in [0.25, 0.3) is 0 Å². The van der Waals surface area contributed by atoms with Crippen LogP contribution in [-0.2, 0) is 4.74 Å². The summed E-state index contributed by atoms with van der Waals surface area (Å²) < 4.78 is 5.33. The summed E-state index contributed by atoms with van der Waals surface area (Å²) in [4.78, 5) is 9.94. The Morgan fingerprint density at radius 3 is 2.38 bits per heavy atom. The van der Waals surface area contributed by atoms with E-state index in [1.54, 1.807) is 19.2 Å². The fourth-order valence-electron chi connectivity index (χ4n) is 2.02. The van der Waals surface area contributed by atoms with Crippen LogP contribution in [0.15, 0.2) is 12.2 Å². The van der Waals surface area contributed by atoms with Gasteiger partial charge in [0.05, 0.1) is 0 Å². The Morgan fingerprint density at radius 1 is 1.31 bits per heavy atom. The van der Waals surface area contributed by atoms with Gasteiger partial charge in [0, 0.05) is 0 Å². The van der Waals surface area contributed by atoms with Crippen LogP contribution >= 0.6 is 0 Å². The van der Waals surface area contributed by atoms with Crippen molar-refractivity contribution in [3.63, 3.8) is 0 Å². The van der Waals surface area contributed by atoms with Crippen molar-refractivity contribution < 1.29 is 19.7 Å². The van der Waals surface area contributed by atoms with Crippen LogP contribution in [0.3, 0.4) is 0 Å². The summed E-state index contributed by atoms with van der Waals surface area (Å²) in [7, 11) is -2.59. The largest absolute Gasteiger partial charge is 0.429 e. The second-order valence-electron chi connectivity index (χ2n) is 4.21. The van der Waals surface area contributed by atoms with E-state index in [0.717, 1.165) is 0 Å². The molecule has 1 saturated heterocycles. The number of hydrogen-bond acceptors (Lipinski definition) is 4. The molecule has 0 aromatic rings. The maximum atomic E-state index is 9.94. The Hall–Kier alpha value is -0.203. The molecule has 4 nitrogen and oxygen atoms in total. The van der Waals surface area contributed by atoms with Gasteiger partial charge in [-0.1, -0.05) is 12.2 Å². The Morgan fingerprint density at radius 2 is 1.92 bits per heavy atom. The van der Waals surface area contributed by atoms with Crippen LogP contribution in [0, 0.1) is 0 Å². The molecule has 0 spiro atoms. The SMILES string of the molecule is C[Si](C)(O)[C@]12O[C@H]1C=C[C@H](O)[C@@H]2O. The third-order valence-corrected chi connectivity index (χ3v) is 5.50. The van der Waals surface area contributed by atoms with Crippen molar-refractivity contribution in [3.05, 3.63) is 12.2 Å². The zero-order valence-corrected chi connectivity index (χ0v) is 8.64. The molecule has 1 heterocycles. The van der Waals surface area contributed by atoms with E-state index < -0.39 is 25.7 Å². The molecule has 0 unspecified atom stereocenters. The number of aliphatic hydroxyl groups excluding tert-OH is 2. The van der Waals surface area contributed by atoms with Gasteiger partial charge in [0.25, 0.3) is 0 Å². The molecule has 2 aliphatic rings. The highest BCUT2D eigenvalue weighted by atomic mass is 28.4. The Balaban J connectivity index is 2.33. The van der Waals surface area contributed by atoms with E-state index in [1.807, 2.05) is 0 Å². The average Bonchev–Trinajstić information content (AvgIpc) is 2.72. The van der Waals surface area contributed by atoms with Gasteiger partial charge in [-0.15, -0.1) is 0 Å². The first-order valence-corrected chi connectivity index (χ1v) is 7.29. The fourth-order valence-corrected chi connectivity index (χ4v) is 4.13. The molecule has 4 atom stereocenters. The maximum Gasteiger partial charge on any atom is 0.221 e. The number of rotatable bonds is 1. The Bertz CT molecular complexity index is 259. The lowest BCUT2D eigenvalue weighted by atomic mass is 10.0. The van der Waals surface area contributed by atoms with Crippen molar-refractivity contribution in [2.75, 3.05) is 0 Å². The van der Waals surface area contributed by atoms with Crippen LogP contribution in [-0.4, -0.2) is 46.9 Å². The minimum Gasteiger partial charge on any atom is -0.429 e. The van der Waals surface area contributed by atoms with Crippen LogP contribution in [0.2, 0.25) is 13.1 Å². The van der Waals surface area contributed by atoms with E-state index >= 15 is 0 Å². The summed E-state index contributed by atoms with van der Waals surface area (Å²) in [5.41, 5.74) is 0. The van der Waals surface area contributed by atoms with Crippen molar-refractivity contribution in [2.24, 2.45) is 0 Å². The van der Waals surface area contributed by atoms with Crippen molar-refractivity contribution in [2.45, 2.75) is 36.6 Å². The average molecular weight is 202 g/mol. The first kappa shape index (κ1) is 9.36. The molecule has 0 bridgehead atoms. The normalized spacial score (nSPS) is 48.8. The van der Waals surface area contributed by atoms with Crippen molar-refractivity contribution in [1.29, 1.82) is 0 Å². The van der Waals surface area contributed by atoms with Gasteiger partial charge < -0.3 is 19.7 Å². The molecule has 3 N–H and O–H groups in total. The highest BCUT2D eigenvalue weighted by Crippen LogP contribution is 2.49. The number of fused-ring (bicyclic) bond motifs is 1. The van der Waals surface area contributed by atoms with E-state index in [1.165, 1.54) is 6.08 Å². The number of epoxide rings is 1. The Kier molecular flexibility index (Phi) is 1.75. The molecule has 0 amide bonds. The monoisotopic (exact) mass is 202 g/mol. The number of aliphatic hydroxyl groups is 2. The highest BCUT2D eigenvalue weighted by molar-refractivity contribution is 6.74. The van der Waals surface area contributed by atoms with Gasteiger partial charge >= 0.3 is 0 Å². The minimum atomic E-state index is -2.59. The van der Waals surface area contributed by atoms with Gasteiger partial charge in [0.1, 0.15) is 23.5 Å². The van der Waals surface area contributed by atoms with Crippen LogP contribution in [0.1, 0.15) is 0 Å². The smallest absolute Gasteiger partial charge is 0.221 e. The maximum absolute atomic E-state index is 9.94. The van der Waals surface area contributed by atoms with Gasteiger partial charge in [-0.25, -0.2) is 0 Å². The molecule has 1 aliphatic heterocycles. The molecule has 5 heteroatoms. The van der Waals surface area contributed by atoms with E-state index in [0.29, 0.717) is 0 Å². The molecule has 2 rings (SSSR count). The molecule has 74 valence electrons. The Labute approximate surface area is 77.6 Å². The molecule has 13 heavy (non-hydrogen) atoms. The van der Waals surface area contributed by atoms with E-state index in [9.17, 15) is 15.0 Å². The van der Waals surface area contributed by atoms with Gasteiger partial charge in [-0.2, -0.15) is 0 Å². The molecule has 1 aliphatic carbocycles. The van der Waals surface area contributed by atoms with E-state index in [2.05, 4.69) is 0 Å². The fraction of sp³-hybridized carbons (Fsp3) is 0.750. The molecule has 0 radical (unpaired) electrons. The van der Waals surface area contributed by atoms with Gasteiger partial charge in [-0.05, 0) is 13.1 Å². The molecular weight excluding hydrogens is 188 g/mol. The third kappa shape index (κ3) is 1.05. The molecule has 1 fully saturated rings. The lowest BCUT2D eigenvalue weighted by Crippen LogP contribution is -2.58. The predicted molar refractivity (Wildman–Crippen MR) is 48.5 cm³/mol. The lowest BCUT2D eigenvalue weighted by molar-refractivity contribution is 0.00941. The number of hydrogen-bond donors (Lipinski definition) is 3. The standard InChI is InChI=1S/C8H14O4Si/c1-13(2,11)8-6(12-8)4-3-5(9)7(8)10/h3-7,9-11H,1-2H3/t5-,6-,7-,8+/m0/s1. The molecule has 0 aromatic heterocycles. The van der Waals surface area contributed by atoms with Crippen molar-refractivity contribution >= 4 is 8.32 Å². The minimum absolute atomic E-state index is 0.211. The summed E-state index contributed by atoms with van der Waals surface area (Å²) in [5.74, 6) is 0. The summed E-state index contributed by atoms with van der Waals surface area (Å²) in [6.45, 7) is 3.42. The quantitative estimate of drug-likeness (QED) is 0.294. The zero-order valence-electron chi connectivity index (χ0n) is 7.64. The van der Waals surface area contributed by atoms with Crippen molar-refractivity contribution in [3.8, 4) is 0 Å². The third-order valence-electron chi connectivity index (χ3n) is 2.89.